The third-order valence-electron chi connectivity index (χ3n) is 2.59. The zero-order valence-corrected chi connectivity index (χ0v) is 12.2. The van der Waals surface area contributed by atoms with E-state index in [0.717, 1.165) is 0 Å². The second-order valence-electron chi connectivity index (χ2n) is 3.84. The Hall–Kier alpha value is -1.14. The fourth-order valence-electron chi connectivity index (χ4n) is 1.33. The summed E-state index contributed by atoms with van der Waals surface area (Å²) in [6, 6.07) is 3.88. The molecule has 18 heavy (non-hydrogen) atoms. The van der Waals surface area contributed by atoms with E-state index in [-0.39, 0.29) is 17.3 Å². The van der Waals surface area contributed by atoms with Crippen LogP contribution in [0.15, 0.2) is 18.2 Å². The number of hydrogen-bond donors (Lipinski definition) is 0. The van der Waals surface area contributed by atoms with Crippen LogP contribution < -0.4 is 0 Å². The summed E-state index contributed by atoms with van der Waals surface area (Å²) in [5.74, 6) is -0.420. The van der Waals surface area contributed by atoms with Crippen molar-refractivity contribution in [3.63, 3.8) is 0 Å². The van der Waals surface area contributed by atoms with Crippen LogP contribution in [-0.2, 0) is 0 Å². The van der Waals surface area contributed by atoms with E-state index in [1.54, 1.807) is 7.05 Å². The van der Waals surface area contributed by atoms with Gasteiger partial charge in [-0.3, -0.25) is 14.9 Å². The number of carbonyl (C=O) groups is 1. The molecule has 98 valence electrons. The Morgan fingerprint density at radius 2 is 2.22 bits per heavy atom. The molecule has 0 aliphatic carbocycles. The van der Waals surface area contributed by atoms with E-state index < -0.39 is 10.8 Å². The molecule has 0 radical (unpaired) electrons. The first-order valence-electron chi connectivity index (χ1n) is 5.15. The Bertz CT molecular complexity index is 481. The first-order chi connectivity index (χ1) is 8.38. The summed E-state index contributed by atoms with van der Waals surface area (Å²) >= 11 is 9.05. The van der Waals surface area contributed by atoms with Crippen molar-refractivity contribution in [1.82, 2.24) is 4.90 Å². The van der Waals surface area contributed by atoms with Crippen molar-refractivity contribution < 1.29 is 9.72 Å². The molecule has 1 rings (SSSR count). The quantitative estimate of drug-likeness (QED) is 0.482. The molecule has 1 aromatic rings. The molecular weight excluding hydrogens is 323 g/mol. The number of nitrogens with zero attached hydrogens (tertiary/aromatic N) is 2. The van der Waals surface area contributed by atoms with Gasteiger partial charge in [0.25, 0.3) is 11.6 Å². The van der Waals surface area contributed by atoms with Gasteiger partial charge < -0.3 is 4.90 Å². The van der Waals surface area contributed by atoms with Gasteiger partial charge in [-0.25, -0.2) is 0 Å². The first-order valence-corrected chi connectivity index (χ1v) is 6.65. The summed E-state index contributed by atoms with van der Waals surface area (Å²) in [5, 5.41) is 11.8. The molecule has 1 amide bonds. The third-order valence-corrected chi connectivity index (χ3v) is 3.76. The maximum absolute atomic E-state index is 12.2. The summed E-state index contributed by atoms with van der Waals surface area (Å²) in [5.41, 5.74) is -0.235. The lowest BCUT2D eigenvalue weighted by molar-refractivity contribution is -0.385. The lowest BCUT2D eigenvalue weighted by Crippen LogP contribution is -2.36. The van der Waals surface area contributed by atoms with E-state index in [2.05, 4.69) is 15.9 Å². The fraction of sp³-hybridized carbons (Fsp3) is 0.364. The SMILES string of the molecule is CC(CBr)N(C)C(=O)c1cc(Cl)ccc1[N+](=O)[O-]. The lowest BCUT2D eigenvalue weighted by atomic mass is 10.1. The van der Waals surface area contributed by atoms with Crippen LogP contribution in [0.2, 0.25) is 5.02 Å². The molecule has 5 nitrogen and oxygen atoms in total. The van der Waals surface area contributed by atoms with Crippen LogP contribution in [0.4, 0.5) is 5.69 Å². The van der Waals surface area contributed by atoms with Crippen molar-refractivity contribution in [2.45, 2.75) is 13.0 Å². The molecule has 0 fully saturated rings. The number of rotatable bonds is 4. The van der Waals surface area contributed by atoms with Gasteiger partial charge in [0.2, 0.25) is 0 Å². The van der Waals surface area contributed by atoms with Gasteiger partial charge in [0.15, 0.2) is 0 Å². The molecule has 1 aromatic carbocycles. The Kier molecular flexibility index (Phi) is 5.10. The van der Waals surface area contributed by atoms with Crippen molar-refractivity contribution in [3.05, 3.63) is 38.9 Å². The summed E-state index contributed by atoms with van der Waals surface area (Å²) in [4.78, 5) is 23.9. The topological polar surface area (TPSA) is 63.5 Å². The number of nitro benzene ring substituents is 1. The summed E-state index contributed by atoms with van der Waals surface area (Å²) < 4.78 is 0. The molecule has 0 N–H and O–H groups in total. The Morgan fingerprint density at radius 1 is 1.61 bits per heavy atom. The number of amides is 1. The molecule has 0 aliphatic rings. The number of halogens is 2. The molecule has 0 aliphatic heterocycles. The summed E-state index contributed by atoms with van der Waals surface area (Å²) in [7, 11) is 1.60. The van der Waals surface area contributed by atoms with E-state index in [9.17, 15) is 14.9 Å². The maximum atomic E-state index is 12.2. The average Bonchev–Trinajstić information content (AvgIpc) is 2.35. The highest BCUT2D eigenvalue weighted by molar-refractivity contribution is 9.09. The van der Waals surface area contributed by atoms with Gasteiger partial charge in [-0.05, 0) is 19.1 Å². The van der Waals surface area contributed by atoms with E-state index in [1.807, 2.05) is 6.92 Å². The maximum Gasteiger partial charge on any atom is 0.282 e. The van der Waals surface area contributed by atoms with Crippen LogP contribution in [0.1, 0.15) is 17.3 Å². The molecule has 0 saturated carbocycles. The van der Waals surface area contributed by atoms with Gasteiger partial charge in [-0.1, -0.05) is 27.5 Å². The van der Waals surface area contributed by atoms with Crippen molar-refractivity contribution in [2.75, 3.05) is 12.4 Å². The molecule has 0 aromatic heterocycles. The first kappa shape index (κ1) is 14.9. The monoisotopic (exact) mass is 334 g/mol. The molecular formula is C11H12BrClN2O3. The van der Waals surface area contributed by atoms with Gasteiger partial charge in [0, 0.05) is 29.5 Å². The van der Waals surface area contributed by atoms with E-state index >= 15 is 0 Å². The van der Waals surface area contributed by atoms with Crippen molar-refractivity contribution in [1.29, 1.82) is 0 Å². The van der Waals surface area contributed by atoms with Crippen molar-refractivity contribution >= 4 is 39.1 Å². The van der Waals surface area contributed by atoms with Gasteiger partial charge in [0.1, 0.15) is 5.56 Å². The van der Waals surface area contributed by atoms with Gasteiger partial charge in [0.05, 0.1) is 4.92 Å². The van der Waals surface area contributed by atoms with Crippen LogP contribution in [-0.4, -0.2) is 34.2 Å². The summed E-state index contributed by atoms with van der Waals surface area (Å²) in [6.45, 7) is 1.84. The molecule has 7 heteroatoms. The molecule has 0 saturated heterocycles. The number of hydrogen-bond acceptors (Lipinski definition) is 3. The van der Waals surface area contributed by atoms with Crippen molar-refractivity contribution in [3.8, 4) is 0 Å². The second kappa shape index (κ2) is 6.15. The molecule has 1 atom stereocenters. The third kappa shape index (κ3) is 3.20. The minimum absolute atomic E-state index is 0.00259. The zero-order chi connectivity index (χ0) is 13.9. The van der Waals surface area contributed by atoms with E-state index in [0.29, 0.717) is 10.4 Å². The van der Waals surface area contributed by atoms with Crippen molar-refractivity contribution in [2.24, 2.45) is 0 Å². The lowest BCUT2D eigenvalue weighted by Gasteiger charge is -2.23. The second-order valence-corrected chi connectivity index (χ2v) is 4.92. The number of alkyl halides is 1. The van der Waals surface area contributed by atoms with Gasteiger partial charge in [-0.2, -0.15) is 0 Å². The minimum Gasteiger partial charge on any atom is -0.338 e. The molecule has 0 spiro atoms. The zero-order valence-electron chi connectivity index (χ0n) is 9.89. The molecule has 0 heterocycles. The molecule has 0 bridgehead atoms. The van der Waals surface area contributed by atoms with Crippen LogP contribution >= 0.6 is 27.5 Å². The normalized spacial score (nSPS) is 12.0. The standard InChI is InChI=1S/C11H12BrClN2O3/c1-7(6-12)14(2)11(16)9-5-8(13)3-4-10(9)15(17)18/h3-5,7H,6H2,1-2H3. The largest absolute Gasteiger partial charge is 0.338 e. The minimum atomic E-state index is -0.587. The van der Waals surface area contributed by atoms with E-state index in [1.165, 1.54) is 23.1 Å². The number of carbonyl (C=O) groups excluding carboxylic acids is 1. The predicted molar refractivity (Wildman–Crippen MR) is 73.5 cm³/mol. The van der Waals surface area contributed by atoms with Gasteiger partial charge >= 0.3 is 0 Å². The predicted octanol–water partition coefficient (Wildman–Crippen LogP) is 3.10. The summed E-state index contributed by atoms with van der Waals surface area (Å²) in [6.07, 6.45) is 0. The van der Waals surface area contributed by atoms with Crippen LogP contribution in [0.25, 0.3) is 0 Å². The van der Waals surface area contributed by atoms with E-state index in [4.69, 9.17) is 11.6 Å². The Balaban J connectivity index is 3.19. The number of nitro groups is 1. The Labute approximate surface area is 118 Å². The smallest absolute Gasteiger partial charge is 0.282 e. The highest BCUT2D eigenvalue weighted by Gasteiger charge is 2.25. The Morgan fingerprint density at radius 3 is 2.72 bits per heavy atom. The highest BCUT2D eigenvalue weighted by atomic mass is 79.9. The van der Waals surface area contributed by atoms with Crippen LogP contribution in [0, 0.1) is 10.1 Å². The number of benzene rings is 1. The molecule has 1 unspecified atom stereocenters. The average molecular weight is 336 g/mol. The fourth-order valence-corrected chi connectivity index (χ4v) is 1.94. The highest BCUT2D eigenvalue weighted by Crippen LogP contribution is 2.24. The van der Waals surface area contributed by atoms with Crippen LogP contribution in [0.3, 0.4) is 0 Å². The van der Waals surface area contributed by atoms with Gasteiger partial charge in [-0.15, -0.1) is 0 Å². The van der Waals surface area contributed by atoms with Crippen LogP contribution in [0.5, 0.6) is 0 Å².